The summed E-state index contributed by atoms with van der Waals surface area (Å²) >= 11 is 3.99. The molecule has 10 heteroatoms. The first-order valence-corrected chi connectivity index (χ1v) is 17.9. The van der Waals surface area contributed by atoms with Crippen LogP contribution < -0.4 is 15.9 Å². The molecule has 0 aliphatic heterocycles. The van der Waals surface area contributed by atoms with Gasteiger partial charge in [-0.2, -0.15) is 13.2 Å². The Labute approximate surface area is 269 Å². The molecular formula is C35H28BrF3NO3PS. The molecule has 45 heavy (non-hydrogen) atoms. The minimum absolute atomic E-state index is 0.0985. The smallest absolute Gasteiger partial charge is 0.485 e. The molecule has 1 heterocycles. The zero-order valence-corrected chi connectivity index (χ0v) is 27.3. The van der Waals surface area contributed by atoms with Crippen LogP contribution in [0.5, 0.6) is 0 Å². The molecule has 6 rings (SSSR count). The number of hydrogen-bond acceptors (Lipinski definition) is 3. The Hall–Kier alpha value is -3.75. The van der Waals surface area contributed by atoms with Gasteiger partial charge in [0.05, 0.1) is 0 Å². The first-order valence-electron chi connectivity index (χ1n) is 13.8. The fraction of sp³-hybridized carbons (Fsp3) is 0.0857. The highest BCUT2D eigenvalue weighted by Crippen LogP contribution is 2.70. The van der Waals surface area contributed by atoms with Crippen molar-refractivity contribution in [3.8, 4) is 0 Å². The van der Waals surface area contributed by atoms with Crippen molar-refractivity contribution in [2.45, 2.75) is 11.2 Å². The van der Waals surface area contributed by atoms with E-state index in [1.165, 1.54) is 37.9 Å². The van der Waals surface area contributed by atoms with Crippen molar-refractivity contribution in [1.29, 1.82) is 0 Å². The second kappa shape index (κ2) is 13.3. The number of aryl methyl sites for hydroxylation is 1. The van der Waals surface area contributed by atoms with Gasteiger partial charge in [-0.05, 0) is 48.5 Å². The van der Waals surface area contributed by atoms with E-state index in [1.807, 2.05) is 0 Å². The second-order valence-electron chi connectivity index (χ2n) is 10.3. The van der Waals surface area contributed by atoms with Crippen molar-refractivity contribution < 1.29 is 26.1 Å². The summed E-state index contributed by atoms with van der Waals surface area (Å²) in [7, 11) is -6.20. The maximum atomic E-state index is 10.7. The normalized spacial score (nSPS) is 12.8. The maximum Gasteiger partial charge on any atom is 0.485 e. The number of benzene rings is 5. The number of nitrogens with zero attached hydrogens (tertiary/aromatic N) is 1. The zero-order chi connectivity index (χ0) is 32.2. The van der Waals surface area contributed by atoms with Crippen molar-refractivity contribution in [3.63, 3.8) is 0 Å². The van der Waals surface area contributed by atoms with Gasteiger partial charge in [-0.3, -0.25) is 0 Å². The largest absolute Gasteiger partial charge is 0.741 e. The van der Waals surface area contributed by atoms with Crippen molar-refractivity contribution >= 4 is 60.1 Å². The maximum absolute atomic E-state index is 10.7. The lowest BCUT2D eigenvalue weighted by Crippen LogP contribution is -2.35. The number of rotatable bonds is 6. The molecule has 6 aromatic rings. The number of aromatic nitrogens is 1. The summed E-state index contributed by atoms with van der Waals surface area (Å²) in [5.74, 6) is 0. The van der Waals surface area contributed by atoms with E-state index < -0.39 is 22.9 Å². The van der Waals surface area contributed by atoms with Gasteiger partial charge in [0.2, 0.25) is 0 Å². The molecule has 0 bridgehead atoms. The Balaban J connectivity index is 0.000000444. The number of alkyl halides is 3. The SMILES string of the molecule is Cn1cc(C(c2ccccc2Br)[P+](c2ccccc2)(c2ccccc2)c2ccccc2)c2ccccc21.O=S(=O)([O-])C(F)(F)F. The summed E-state index contributed by atoms with van der Waals surface area (Å²) in [4.78, 5) is 0. The second-order valence-corrected chi connectivity index (χ2v) is 16.0. The highest BCUT2D eigenvalue weighted by Gasteiger charge is 2.55. The predicted octanol–water partition coefficient (Wildman–Crippen LogP) is 8.08. The van der Waals surface area contributed by atoms with E-state index in [0.717, 1.165) is 4.47 Å². The molecule has 0 amide bonds. The first kappa shape index (κ1) is 32.6. The molecule has 1 aromatic heterocycles. The van der Waals surface area contributed by atoms with Crippen LogP contribution in [0.2, 0.25) is 0 Å². The minimum atomic E-state index is -6.09. The molecule has 5 aromatic carbocycles. The summed E-state index contributed by atoms with van der Waals surface area (Å²) in [5.41, 5.74) is -1.63. The van der Waals surface area contributed by atoms with Crippen LogP contribution >= 0.6 is 23.2 Å². The standard InChI is InChI=1S/C34H28BrNP.CHF3O3S/c1-36-25-31(29-21-12-14-24-33(29)36)34(30-22-11-13-23-32(30)35)37(26-15-5-2-6-16-26,27-17-7-3-8-18-27)28-19-9-4-10-20-28;2-1(3,4)8(5,6)7/h2-25,34H,1H3;(H,5,6,7)/q+1;/p-1. The zero-order valence-electron chi connectivity index (χ0n) is 24.0. The summed E-state index contributed by atoms with van der Waals surface area (Å²) < 4.78 is 62.3. The van der Waals surface area contributed by atoms with E-state index >= 15 is 0 Å². The molecule has 0 spiro atoms. The molecule has 230 valence electrons. The molecule has 0 fully saturated rings. The van der Waals surface area contributed by atoms with Crippen molar-refractivity contribution in [3.05, 3.63) is 161 Å². The van der Waals surface area contributed by atoms with Crippen molar-refractivity contribution in [2.75, 3.05) is 0 Å². The number of para-hydroxylation sites is 1. The molecule has 4 nitrogen and oxygen atoms in total. The average Bonchev–Trinajstić information content (AvgIpc) is 3.37. The topological polar surface area (TPSA) is 62.1 Å². The quantitative estimate of drug-likeness (QED) is 0.0999. The molecular weight excluding hydrogens is 682 g/mol. The fourth-order valence-corrected chi connectivity index (χ4v) is 11.4. The van der Waals surface area contributed by atoms with Gasteiger partial charge in [0.1, 0.15) is 28.8 Å². The highest BCUT2D eigenvalue weighted by molar-refractivity contribution is 9.10. The fourth-order valence-electron chi connectivity index (χ4n) is 5.76. The predicted molar refractivity (Wildman–Crippen MR) is 180 cm³/mol. The van der Waals surface area contributed by atoms with Crippen LogP contribution in [0.25, 0.3) is 10.9 Å². The van der Waals surface area contributed by atoms with Gasteiger partial charge in [0, 0.05) is 39.7 Å². The third kappa shape index (κ3) is 6.49. The lowest BCUT2D eigenvalue weighted by Gasteiger charge is -2.35. The molecule has 0 saturated heterocycles. The number of fused-ring (bicyclic) bond motifs is 1. The Kier molecular flexibility index (Phi) is 9.65. The van der Waals surface area contributed by atoms with E-state index in [0.29, 0.717) is 0 Å². The summed E-state index contributed by atoms with van der Waals surface area (Å²) in [6.07, 6.45) is 2.36. The van der Waals surface area contributed by atoms with Crippen molar-refractivity contribution in [2.24, 2.45) is 7.05 Å². The highest BCUT2D eigenvalue weighted by atomic mass is 79.9. The van der Waals surface area contributed by atoms with Crippen LogP contribution in [-0.4, -0.2) is 23.0 Å². The van der Waals surface area contributed by atoms with Crippen LogP contribution in [0.15, 0.2) is 150 Å². The van der Waals surface area contributed by atoms with E-state index in [-0.39, 0.29) is 5.66 Å². The monoisotopic (exact) mass is 709 g/mol. The van der Waals surface area contributed by atoms with Gasteiger partial charge < -0.3 is 9.12 Å². The Morgan fingerprint density at radius 2 is 1.07 bits per heavy atom. The van der Waals surface area contributed by atoms with Crippen LogP contribution in [0.1, 0.15) is 16.8 Å². The summed E-state index contributed by atoms with van der Waals surface area (Å²) in [6.45, 7) is 0. The lowest BCUT2D eigenvalue weighted by atomic mass is 10.0. The van der Waals surface area contributed by atoms with Gasteiger partial charge in [0.15, 0.2) is 10.1 Å². The van der Waals surface area contributed by atoms with Crippen LogP contribution in [0.3, 0.4) is 0 Å². The minimum Gasteiger partial charge on any atom is -0.741 e. The van der Waals surface area contributed by atoms with E-state index in [2.05, 4.69) is 173 Å². The number of hydrogen-bond donors (Lipinski definition) is 0. The third-order valence-electron chi connectivity index (χ3n) is 7.58. The molecule has 0 aliphatic rings. The van der Waals surface area contributed by atoms with Crippen LogP contribution in [-0.2, 0) is 17.2 Å². The molecule has 0 N–H and O–H groups in total. The summed E-state index contributed by atoms with van der Waals surface area (Å²) in [5, 5.41) is 5.43. The third-order valence-corrected chi connectivity index (χ3v) is 13.5. The van der Waals surface area contributed by atoms with Gasteiger partial charge in [0.25, 0.3) is 0 Å². The molecule has 1 unspecified atom stereocenters. The lowest BCUT2D eigenvalue weighted by molar-refractivity contribution is -0.0517. The Morgan fingerprint density at radius 1 is 0.667 bits per heavy atom. The number of halogens is 4. The van der Waals surface area contributed by atoms with Gasteiger partial charge in [-0.1, -0.05) is 107 Å². The van der Waals surface area contributed by atoms with Gasteiger partial charge in [-0.25, -0.2) is 8.42 Å². The van der Waals surface area contributed by atoms with Gasteiger partial charge in [-0.15, -0.1) is 0 Å². The van der Waals surface area contributed by atoms with E-state index in [9.17, 15) is 13.2 Å². The molecule has 0 radical (unpaired) electrons. The Morgan fingerprint density at radius 3 is 1.51 bits per heavy atom. The van der Waals surface area contributed by atoms with E-state index in [4.69, 9.17) is 13.0 Å². The Bertz CT molecular complexity index is 1910. The van der Waals surface area contributed by atoms with Crippen molar-refractivity contribution in [1.82, 2.24) is 4.57 Å². The molecule has 0 saturated carbocycles. The van der Waals surface area contributed by atoms with Crippen LogP contribution in [0, 0.1) is 0 Å². The van der Waals surface area contributed by atoms with E-state index in [1.54, 1.807) is 0 Å². The van der Waals surface area contributed by atoms with Gasteiger partial charge >= 0.3 is 5.51 Å². The average molecular weight is 711 g/mol. The summed E-state index contributed by atoms with van der Waals surface area (Å²) in [6, 6.07) is 51.1. The molecule has 0 aliphatic carbocycles. The molecule has 1 atom stereocenters. The van der Waals surface area contributed by atoms with Crippen LogP contribution in [0.4, 0.5) is 13.2 Å². The first-order chi connectivity index (χ1) is 21.5.